The van der Waals surface area contributed by atoms with Crippen molar-refractivity contribution in [2.24, 2.45) is 5.92 Å². The highest BCUT2D eigenvalue weighted by Crippen LogP contribution is 2.46. The molecule has 1 heterocycles. The maximum Gasteiger partial charge on any atom is 0.314 e. The third-order valence-electron chi connectivity index (χ3n) is 4.12. The quantitative estimate of drug-likeness (QED) is 0.681. The molecule has 0 spiro atoms. The summed E-state index contributed by atoms with van der Waals surface area (Å²) in [5.41, 5.74) is 1.34. The Balaban J connectivity index is 1.27. The van der Waals surface area contributed by atoms with Crippen LogP contribution in [0.15, 0.2) is 53.1 Å². The van der Waals surface area contributed by atoms with Gasteiger partial charge in [0.05, 0.1) is 6.26 Å². The molecule has 0 bridgehead atoms. The lowest BCUT2D eigenvalue weighted by molar-refractivity contribution is 0.0926. The summed E-state index contributed by atoms with van der Waals surface area (Å²) in [6.45, 7) is 1.39. The van der Waals surface area contributed by atoms with Gasteiger partial charge in [0.25, 0.3) is 5.91 Å². The number of carbonyl (C=O) groups excluding carboxylic acids is 2. The first-order valence-corrected chi connectivity index (χ1v) is 8.12. The zero-order chi connectivity index (χ0) is 16.8. The predicted octanol–water partition coefficient (Wildman–Crippen LogP) is 2.11. The fourth-order valence-electron chi connectivity index (χ4n) is 2.71. The van der Waals surface area contributed by atoms with E-state index in [0.717, 1.165) is 6.42 Å². The van der Waals surface area contributed by atoms with Gasteiger partial charge in [0.2, 0.25) is 0 Å². The van der Waals surface area contributed by atoms with Gasteiger partial charge in [-0.25, -0.2) is 4.79 Å². The monoisotopic (exact) mass is 327 g/mol. The van der Waals surface area contributed by atoms with Gasteiger partial charge >= 0.3 is 6.03 Å². The van der Waals surface area contributed by atoms with Crippen LogP contribution in [0.1, 0.15) is 28.5 Å². The fourth-order valence-corrected chi connectivity index (χ4v) is 2.71. The fraction of sp³-hybridized carbons (Fsp3) is 0.333. The number of furan rings is 1. The summed E-state index contributed by atoms with van der Waals surface area (Å²) in [7, 11) is 0. The van der Waals surface area contributed by atoms with Gasteiger partial charge in [-0.15, -0.1) is 0 Å². The van der Waals surface area contributed by atoms with E-state index >= 15 is 0 Å². The Bertz CT molecular complexity index is 670. The van der Waals surface area contributed by atoms with Crippen molar-refractivity contribution >= 4 is 11.9 Å². The molecule has 1 fully saturated rings. The molecular weight excluding hydrogens is 306 g/mol. The minimum Gasteiger partial charge on any atom is -0.459 e. The minimum atomic E-state index is -0.286. The summed E-state index contributed by atoms with van der Waals surface area (Å²) in [5.74, 6) is 1.04. The summed E-state index contributed by atoms with van der Waals surface area (Å²) in [6, 6.07) is 13.4. The number of hydrogen-bond acceptors (Lipinski definition) is 3. The lowest BCUT2D eigenvalue weighted by atomic mass is 10.1. The van der Waals surface area contributed by atoms with E-state index in [2.05, 4.69) is 28.1 Å². The van der Waals surface area contributed by atoms with Gasteiger partial charge in [-0.05, 0) is 36.0 Å². The summed E-state index contributed by atoms with van der Waals surface area (Å²) in [4.78, 5) is 23.3. The molecule has 1 aliphatic rings. The van der Waals surface area contributed by atoms with Crippen molar-refractivity contribution in [2.75, 3.05) is 19.6 Å². The van der Waals surface area contributed by atoms with Gasteiger partial charge < -0.3 is 20.4 Å². The van der Waals surface area contributed by atoms with E-state index in [1.165, 1.54) is 11.8 Å². The number of amides is 3. The Morgan fingerprint density at radius 2 is 1.79 bits per heavy atom. The first-order chi connectivity index (χ1) is 11.7. The number of nitrogens with one attached hydrogen (secondary N) is 3. The highest BCUT2D eigenvalue weighted by atomic mass is 16.3. The number of carbonyl (C=O) groups is 2. The van der Waals surface area contributed by atoms with Crippen LogP contribution in [-0.4, -0.2) is 31.6 Å². The molecule has 0 saturated heterocycles. The molecule has 1 aromatic carbocycles. The third kappa shape index (κ3) is 4.38. The average Bonchev–Trinajstić information content (AvgIpc) is 3.18. The van der Waals surface area contributed by atoms with Crippen molar-refractivity contribution in [2.45, 2.75) is 12.3 Å². The summed E-state index contributed by atoms with van der Waals surface area (Å²) in [6.07, 6.45) is 2.56. The van der Waals surface area contributed by atoms with Crippen molar-refractivity contribution in [3.63, 3.8) is 0 Å². The largest absolute Gasteiger partial charge is 0.459 e. The molecule has 24 heavy (non-hydrogen) atoms. The predicted molar refractivity (Wildman–Crippen MR) is 89.7 cm³/mol. The normalized spacial score (nSPS) is 18.7. The number of urea groups is 1. The van der Waals surface area contributed by atoms with Crippen molar-refractivity contribution < 1.29 is 14.0 Å². The molecule has 6 heteroatoms. The van der Waals surface area contributed by atoms with E-state index in [1.807, 2.05) is 18.2 Å². The molecule has 6 nitrogen and oxygen atoms in total. The van der Waals surface area contributed by atoms with Gasteiger partial charge in [-0.3, -0.25) is 4.79 Å². The Labute approximate surface area is 140 Å². The number of benzene rings is 1. The number of rotatable bonds is 7. The SMILES string of the molecule is O=C(NCCNC(=O)c1ccco1)NC[C@@H]1C[C@@H]1c1ccccc1. The zero-order valence-corrected chi connectivity index (χ0v) is 13.3. The average molecular weight is 327 g/mol. The van der Waals surface area contributed by atoms with E-state index < -0.39 is 0 Å². The first-order valence-electron chi connectivity index (χ1n) is 8.12. The molecular formula is C18H21N3O3. The van der Waals surface area contributed by atoms with Crippen LogP contribution in [0, 0.1) is 5.92 Å². The highest BCUT2D eigenvalue weighted by Gasteiger charge is 2.37. The molecule has 2 aromatic rings. The van der Waals surface area contributed by atoms with Crippen LogP contribution in [0.4, 0.5) is 4.79 Å². The van der Waals surface area contributed by atoms with Gasteiger partial charge in [0.15, 0.2) is 5.76 Å². The third-order valence-corrected chi connectivity index (χ3v) is 4.12. The smallest absolute Gasteiger partial charge is 0.314 e. The van der Waals surface area contributed by atoms with Crippen LogP contribution in [0.25, 0.3) is 0 Å². The molecule has 0 unspecified atom stereocenters. The molecule has 1 aromatic heterocycles. The summed E-state index contributed by atoms with van der Waals surface area (Å²) < 4.78 is 4.98. The zero-order valence-electron chi connectivity index (χ0n) is 13.3. The number of hydrogen-bond donors (Lipinski definition) is 3. The maximum absolute atomic E-state index is 11.7. The van der Waals surface area contributed by atoms with E-state index in [-0.39, 0.29) is 17.7 Å². The molecule has 3 N–H and O–H groups in total. The van der Waals surface area contributed by atoms with Crippen LogP contribution >= 0.6 is 0 Å². The van der Waals surface area contributed by atoms with Crippen molar-refractivity contribution in [3.8, 4) is 0 Å². The molecule has 0 aliphatic heterocycles. The lowest BCUT2D eigenvalue weighted by Gasteiger charge is -2.08. The molecule has 3 rings (SSSR count). The second kappa shape index (κ2) is 7.68. The molecule has 126 valence electrons. The summed E-state index contributed by atoms with van der Waals surface area (Å²) >= 11 is 0. The Kier molecular flexibility index (Phi) is 5.15. The highest BCUT2D eigenvalue weighted by molar-refractivity contribution is 5.91. The minimum absolute atomic E-state index is 0.207. The standard InChI is InChI=1S/C18H21N3O3/c22-17(16-7-4-10-24-16)19-8-9-20-18(23)21-12-14-11-15(14)13-5-2-1-3-6-13/h1-7,10,14-15H,8-9,11-12H2,(H,19,22)(H2,20,21,23)/t14-,15+/m0/s1. The van der Waals surface area contributed by atoms with Crippen LogP contribution in [0.3, 0.4) is 0 Å². The van der Waals surface area contributed by atoms with Crippen LogP contribution in [0.2, 0.25) is 0 Å². The molecule has 0 radical (unpaired) electrons. The summed E-state index contributed by atoms with van der Waals surface area (Å²) in [5, 5.41) is 8.28. The molecule has 1 saturated carbocycles. The maximum atomic E-state index is 11.7. The van der Waals surface area contributed by atoms with E-state index in [9.17, 15) is 9.59 Å². The van der Waals surface area contributed by atoms with Crippen LogP contribution < -0.4 is 16.0 Å². The van der Waals surface area contributed by atoms with E-state index in [4.69, 9.17) is 4.42 Å². The van der Waals surface area contributed by atoms with Gasteiger partial charge in [-0.1, -0.05) is 30.3 Å². The van der Waals surface area contributed by atoms with E-state index in [1.54, 1.807) is 12.1 Å². The first kappa shape index (κ1) is 16.1. The van der Waals surface area contributed by atoms with Crippen molar-refractivity contribution in [1.82, 2.24) is 16.0 Å². The van der Waals surface area contributed by atoms with Crippen LogP contribution in [-0.2, 0) is 0 Å². The van der Waals surface area contributed by atoms with Gasteiger partial charge in [-0.2, -0.15) is 0 Å². The molecule has 2 atom stereocenters. The Morgan fingerprint density at radius 3 is 2.54 bits per heavy atom. The second-order valence-corrected chi connectivity index (χ2v) is 5.88. The van der Waals surface area contributed by atoms with Gasteiger partial charge in [0, 0.05) is 19.6 Å². The molecule has 1 aliphatic carbocycles. The second-order valence-electron chi connectivity index (χ2n) is 5.88. The van der Waals surface area contributed by atoms with Crippen molar-refractivity contribution in [1.29, 1.82) is 0 Å². The van der Waals surface area contributed by atoms with Crippen molar-refractivity contribution in [3.05, 3.63) is 60.1 Å². The van der Waals surface area contributed by atoms with E-state index in [0.29, 0.717) is 31.5 Å². The van der Waals surface area contributed by atoms with Gasteiger partial charge in [0.1, 0.15) is 0 Å². The molecule has 3 amide bonds. The topological polar surface area (TPSA) is 83.4 Å². The Morgan fingerprint density at radius 1 is 1.00 bits per heavy atom. The lowest BCUT2D eigenvalue weighted by Crippen LogP contribution is -2.41. The Hall–Kier alpha value is -2.76. The van der Waals surface area contributed by atoms with Crippen LogP contribution in [0.5, 0.6) is 0 Å².